The van der Waals surface area contributed by atoms with Gasteiger partial charge in [-0.3, -0.25) is 18.5 Å². The van der Waals surface area contributed by atoms with E-state index in [1.54, 1.807) is 22.9 Å². The first kappa shape index (κ1) is 31.6. The molecular formula is C32H44FN5O4. The third-order valence-corrected chi connectivity index (χ3v) is 7.88. The van der Waals surface area contributed by atoms with Gasteiger partial charge in [-0.05, 0) is 108 Å². The van der Waals surface area contributed by atoms with Crippen molar-refractivity contribution in [1.82, 2.24) is 24.3 Å². The maximum absolute atomic E-state index is 13.9. The van der Waals surface area contributed by atoms with E-state index in [0.29, 0.717) is 86.3 Å². The van der Waals surface area contributed by atoms with Crippen LogP contribution in [-0.4, -0.2) is 83.4 Å². The fourth-order valence-electron chi connectivity index (χ4n) is 5.43. The Bertz CT molecular complexity index is 1340. The number of ether oxygens (including phenoxy) is 2. The molecule has 1 saturated heterocycles. The van der Waals surface area contributed by atoms with Gasteiger partial charge in [0.15, 0.2) is 5.65 Å². The summed E-state index contributed by atoms with van der Waals surface area (Å²) in [6.07, 6.45) is 5.69. The standard InChI is InChI=1S/C32H44FN5O4/c1-4-42-27-13-11-26(12-14-27)38-31(35-30-28(32(38)40)9-7-18-34-30)24(2)37(23-25-15-19-36(3)20-16-25)29(39)10-8-22-41-21-6-5-17-33/h7,9,11-14,18,24-25H,4-6,8,10,15-17,19-23H2,1-3H3. The van der Waals surface area contributed by atoms with Crippen LogP contribution in [-0.2, 0) is 9.53 Å². The second kappa shape index (κ2) is 15.7. The molecule has 1 unspecified atom stereocenters. The first-order chi connectivity index (χ1) is 20.4. The first-order valence-corrected chi connectivity index (χ1v) is 15.2. The number of halogens is 1. The normalized spacial score (nSPS) is 15.1. The molecule has 9 nitrogen and oxygen atoms in total. The zero-order chi connectivity index (χ0) is 29.9. The van der Waals surface area contributed by atoms with Crippen LogP contribution in [0.1, 0.15) is 64.2 Å². The zero-order valence-electron chi connectivity index (χ0n) is 25.1. The van der Waals surface area contributed by atoms with Gasteiger partial charge in [0, 0.05) is 32.4 Å². The number of fused-ring (bicyclic) bond motifs is 1. The molecule has 3 heterocycles. The van der Waals surface area contributed by atoms with Gasteiger partial charge < -0.3 is 19.3 Å². The highest BCUT2D eigenvalue weighted by molar-refractivity contribution is 5.77. The molecule has 1 fully saturated rings. The molecule has 0 aliphatic carbocycles. The smallest absolute Gasteiger partial charge is 0.267 e. The number of unbranched alkanes of at least 4 members (excludes halogenated alkanes) is 1. The zero-order valence-corrected chi connectivity index (χ0v) is 25.1. The van der Waals surface area contributed by atoms with E-state index in [1.807, 2.05) is 43.0 Å². The van der Waals surface area contributed by atoms with Gasteiger partial charge >= 0.3 is 0 Å². The van der Waals surface area contributed by atoms with E-state index in [2.05, 4.69) is 16.9 Å². The summed E-state index contributed by atoms with van der Waals surface area (Å²) in [5.41, 5.74) is 0.782. The monoisotopic (exact) mass is 581 g/mol. The van der Waals surface area contributed by atoms with E-state index < -0.39 is 6.04 Å². The largest absolute Gasteiger partial charge is 0.494 e. The predicted octanol–water partition coefficient (Wildman–Crippen LogP) is 4.96. The van der Waals surface area contributed by atoms with Gasteiger partial charge in [0.1, 0.15) is 11.6 Å². The van der Waals surface area contributed by atoms with Crippen molar-refractivity contribution >= 4 is 16.9 Å². The Kier molecular flexibility index (Phi) is 11.8. The van der Waals surface area contributed by atoms with Crippen LogP contribution in [0.5, 0.6) is 5.75 Å². The highest BCUT2D eigenvalue weighted by atomic mass is 19.1. The molecule has 1 aliphatic rings. The summed E-state index contributed by atoms with van der Waals surface area (Å²) in [4.78, 5) is 41.2. The molecular weight excluding hydrogens is 537 g/mol. The second-order valence-corrected chi connectivity index (χ2v) is 11.0. The van der Waals surface area contributed by atoms with Crippen LogP contribution in [0.25, 0.3) is 16.7 Å². The van der Waals surface area contributed by atoms with Crippen molar-refractivity contribution in [2.24, 2.45) is 5.92 Å². The van der Waals surface area contributed by atoms with Crippen LogP contribution in [0.4, 0.5) is 4.39 Å². The van der Waals surface area contributed by atoms with Crippen LogP contribution in [0.15, 0.2) is 47.4 Å². The van der Waals surface area contributed by atoms with Gasteiger partial charge in [-0.25, -0.2) is 9.97 Å². The predicted molar refractivity (Wildman–Crippen MR) is 162 cm³/mol. The van der Waals surface area contributed by atoms with E-state index in [1.165, 1.54) is 0 Å². The summed E-state index contributed by atoms with van der Waals surface area (Å²) in [7, 11) is 2.12. The Morgan fingerprint density at radius 3 is 2.57 bits per heavy atom. The molecule has 0 radical (unpaired) electrons. The van der Waals surface area contributed by atoms with Gasteiger partial charge in [0.2, 0.25) is 5.91 Å². The molecule has 1 atom stereocenters. The van der Waals surface area contributed by atoms with Crippen molar-refractivity contribution in [3.8, 4) is 11.4 Å². The fourth-order valence-corrected chi connectivity index (χ4v) is 5.43. The van der Waals surface area contributed by atoms with Gasteiger partial charge in [-0.15, -0.1) is 0 Å². The molecule has 2 aromatic heterocycles. The molecule has 1 aliphatic heterocycles. The van der Waals surface area contributed by atoms with Crippen LogP contribution in [0.3, 0.4) is 0 Å². The van der Waals surface area contributed by atoms with Gasteiger partial charge in [-0.1, -0.05) is 0 Å². The average molecular weight is 582 g/mol. The summed E-state index contributed by atoms with van der Waals surface area (Å²) in [6.45, 7) is 7.58. The molecule has 228 valence electrons. The number of alkyl halides is 1. The lowest BCUT2D eigenvalue weighted by Crippen LogP contribution is -2.42. The Morgan fingerprint density at radius 2 is 1.86 bits per heavy atom. The molecule has 1 aromatic carbocycles. The summed E-state index contributed by atoms with van der Waals surface area (Å²) >= 11 is 0. The maximum atomic E-state index is 13.9. The Morgan fingerprint density at radius 1 is 1.12 bits per heavy atom. The minimum atomic E-state index is -0.478. The number of carbonyl (C=O) groups excluding carboxylic acids is 1. The summed E-state index contributed by atoms with van der Waals surface area (Å²) in [5, 5.41) is 0.417. The number of benzene rings is 1. The van der Waals surface area contributed by atoms with Crippen molar-refractivity contribution in [3.63, 3.8) is 0 Å². The maximum Gasteiger partial charge on any atom is 0.267 e. The summed E-state index contributed by atoms with van der Waals surface area (Å²) in [5.74, 6) is 1.54. The quantitative estimate of drug-likeness (QED) is 0.235. The fraction of sp³-hybridized carbons (Fsp3) is 0.562. The van der Waals surface area contributed by atoms with Crippen molar-refractivity contribution in [2.75, 3.05) is 53.2 Å². The molecule has 0 N–H and O–H groups in total. The Balaban J connectivity index is 1.66. The number of aromatic nitrogens is 3. The Hall–Kier alpha value is -3.37. The van der Waals surface area contributed by atoms with Gasteiger partial charge in [-0.2, -0.15) is 0 Å². The van der Waals surface area contributed by atoms with E-state index in [4.69, 9.17) is 14.5 Å². The lowest BCUT2D eigenvalue weighted by atomic mass is 9.95. The molecule has 42 heavy (non-hydrogen) atoms. The molecule has 4 rings (SSSR count). The third-order valence-electron chi connectivity index (χ3n) is 7.88. The second-order valence-electron chi connectivity index (χ2n) is 11.0. The number of piperidine rings is 1. The van der Waals surface area contributed by atoms with E-state index in [0.717, 1.165) is 25.9 Å². The number of hydrogen-bond donors (Lipinski definition) is 0. The minimum Gasteiger partial charge on any atom is -0.494 e. The van der Waals surface area contributed by atoms with Crippen molar-refractivity contribution < 1.29 is 18.7 Å². The highest BCUT2D eigenvalue weighted by Crippen LogP contribution is 2.27. The summed E-state index contributed by atoms with van der Waals surface area (Å²) in [6, 6.07) is 10.3. The molecule has 0 saturated carbocycles. The molecule has 1 amide bonds. The number of hydrogen-bond acceptors (Lipinski definition) is 7. The van der Waals surface area contributed by atoms with E-state index >= 15 is 0 Å². The van der Waals surface area contributed by atoms with Crippen LogP contribution >= 0.6 is 0 Å². The number of rotatable bonds is 15. The van der Waals surface area contributed by atoms with Crippen molar-refractivity contribution in [1.29, 1.82) is 0 Å². The van der Waals surface area contributed by atoms with Crippen LogP contribution < -0.4 is 10.3 Å². The third kappa shape index (κ3) is 8.13. The topological polar surface area (TPSA) is 89.8 Å². The van der Waals surface area contributed by atoms with Crippen molar-refractivity contribution in [3.05, 3.63) is 58.8 Å². The molecule has 0 spiro atoms. The molecule has 3 aromatic rings. The number of nitrogens with zero attached hydrogens (tertiary/aromatic N) is 5. The number of likely N-dealkylation sites (tertiary alicyclic amines) is 1. The van der Waals surface area contributed by atoms with E-state index in [9.17, 15) is 14.0 Å². The van der Waals surface area contributed by atoms with Crippen LogP contribution in [0, 0.1) is 5.92 Å². The van der Waals surface area contributed by atoms with Crippen LogP contribution in [0.2, 0.25) is 0 Å². The lowest BCUT2D eigenvalue weighted by Gasteiger charge is -2.36. The molecule has 0 bridgehead atoms. The summed E-state index contributed by atoms with van der Waals surface area (Å²) < 4.78 is 25.2. The lowest BCUT2D eigenvalue weighted by molar-refractivity contribution is -0.135. The first-order valence-electron chi connectivity index (χ1n) is 15.2. The highest BCUT2D eigenvalue weighted by Gasteiger charge is 2.30. The number of carbonyl (C=O) groups is 1. The Labute approximate surface area is 247 Å². The number of amides is 1. The average Bonchev–Trinajstić information content (AvgIpc) is 3.00. The molecule has 10 heteroatoms. The SMILES string of the molecule is CCOc1ccc(-n2c(C(C)N(CC3CCN(C)CC3)C(=O)CCCOCCCCF)nc3ncccc3c2=O)cc1. The van der Waals surface area contributed by atoms with Crippen molar-refractivity contribution in [2.45, 2.75) is 58.4 Å². The number of pyridine rings is 1. The minimum absolute atomic E-state index is 0.00222. The van der Waals surface area contributed by atoms with Gasteiger partial charge in [0.25, 0.3) is 5.56 Å². The van der Waals surface area contributed by atoms with Gasteiger partial charge in [0.05, 0.1) is 30.4 Å². The van der Waals surface area contributed by atoms with E-state index in [-0.39, 0.29) is 18.1 Å².